The highest BCUT2D eigenvalue weighted by molar-refractivity contribution is 5.17. The first-order valence-corrected chi connectivity index (χ1v) is 5.75. The summed E-state index contributed by atoms with van der Waals surface area (Å²) in [6.45, 7) is 0.285. The Hall–Kier alpha value is -1.40. The molecule has 1 saturated carbocycles. The highest BCUT2D eigenvalue weighted by Gasteiger charge is 2.20. The molecule has 1 fully saturated rings. The average Bonchev–Trinajstić information content (AvgIpc) is 2.77. The van der Waals surface area contributed by atoms with Gasteiger partial charge in [-0.1, -0.05) is 0 Å². The van der Waals surface area contributed by atoms with Crippen LogP contribution in [0.1, 0.15) is 31.4 Å². The molecule has 0 atom stereocenters. The largest absolute Gasteiger partial charge is 0.433 e. The Morgan fingerprint density at radius 3 is 2.71 bits per heavy atom. The lowest BCUT2D eigenvalue weighted by Crippen LogP contribution is -2.30. The van der Waals surface area contributed by atoms with Crippen LogP contribution in [0, 0.1) is 10.1 Å². The Bertz CT molecular complexity index is 383. The molecule has 17 heavy (non-hydrogen) atoms. The number of nitro groups is 1. The van der Waals surface area contributed by atoms with Crippen molar-refractivity contribution in [2.24, 2.45) is 5.73 Å². The number of nitrogens with two attached hydrogens (primary N) is 1. The van der Waals surface area contributed by atoms with Gasteiger partial charge in [0.1, 0.15) is 17.3 Å². The Morgan fingerprint density at radius 1 is 1.41 bits per heavy atom. The van der Waals surface area contributed by atoms with E-state index in [2.05, 4.69) is 0 Å². The van der Waals surface area contributed by atoms with Crippen molar-refractivity contribution >= 4 is 5.88 Å². The van der Waals surface area contributed by atoms with Gasteiger partial charge < -0.3 is 14.9 Å². The van der Waals surface area contributed by atoms with Crippen molar-refractivity contribution in [3.8, 4) is 0 Å². The first-order valence-electron chi connectivity index (χ1n) is 5.75. The van der Waals surface area contributed by atoms with Gasteiger partial charge in [-0.15, -0.1) is 0 Å². The zero-order valence-electron chi connectivity index (χ0n) is 9.50. The summed E-state index contributed by atoms with van der Waals surface area (Å²) >= 11 is 0. The molecule has 1 aromatic heterocycles. The number of hydrogen-bond acceptors (Lipinski definition) is 5. The van der Waals surface area contributed by atoms with Gasteiger partial charge in [0.05, 0.1) is 12.2 Å². The predicted molar refractivity (Wildman–Crippen MR) is 60.4 cm³/mol. The lowest BCUT2D eigenvalue weighted by atomic mass is 9.94. The van der Waals surface area contributed by atoms with Crippen LogP contribution in [0.4, 0.5) is 5.88 Å². The second-order valence-electron chi connectivity index (χ2n) is 4.34. The summed E-state index contributed by atoms with van der Waals surface area (Å²) in [6.07, 6.45) is 4.04. The van der Waals surface area contributed by atoms with Crippen molar-refractivity contribution in [2.45, 2.75) is 44.4 Å². The normalized spacial score (nSPS) is 24.8. The SMILES string of the molecule is NC1CCC(OCc2ccc([N+](=O)[O-])o2)CC1. The summed E-state index contributed by atoms with van der Waals surface area (Å²) in [5.74, 6) is 0.251. The summed E-state index contributed by atoms with van der Waals surface area (Å²) in [6, 6.07) is 3.21. The third-order valence-corrected chi connectivity index (χ3v) is 3.01. The number of rotatable bonds is 4. The quantitative estimate of drug-likeness (QED) is 0.641. The van der Waals surface area contributed by atoms with Crippen LogP contribution in [-0.2, 0) is 11.3 Å². The molecule has 1 aliphatic rings. The van der Waals surface area contributed by atoms with Gasteiger partial charge in [-0.05, 0) is 31.7 Å². The molecule has 0 bridgehead atoms. The number of nitrogens with zero attached hydrogens (tertiary/aromatic N) is 1. The van der Waals surface area contributed by atoms with Gasteiger partial charge >= 0.3 is 5.88 Å². The summed E-state index contributed by atoms with van der Waals surface area (Å²) in [5.41, 5.74) is 5.79. The van der Waals surface area contributed by atoms with Crippen LogP contribution in [0.25, 0.3) is 0 Å². The number of hydrogen-bond donors (Lipinski definition) is 1. The Labute approximate surface area is 98.9 Å². The number of furan rings is 1. The monoisotopic (exact) mass is 240 g/mol. The zero-order chi connectivity index (χ0) is 12.3. The van der Waals surface area contributed by atoms with Gasteiger partial charge in [-0.2, -0.15) is 0 Å². The van der Waals surface area contributed by atoms with Crippen molar-refractivity contribution in [1.29, 1.82) is 0 Å². The highest BCUT2D eigenvalue weighted by Crippen LogP contribution is 2.22. The van der Waals surface area contributed by atoms with Crippen molar-refractivity contribution in [1.82, 2.24) is 0 Å². The van der Waals surface area contributed by atoms with E-state index in [0.717, 1.165) is 25.7 Å². The maximum atomic E-state index is 10.4. The maximum Gasteiger partial charge on any atom is 0.433 e. The average molecular weight is 240 g/mol. The fourth-order valence-electron chi connectivity index (χ4n) is 2.00. The van der Waals surface area contributed by atoms with E-state index < -0.39 is 4.92 Å². The van der Waals surface area contributed by atoms with Gasteiger partial charge in [0.15, 0.2) is 0 Å². The molecule has 2 rings (SSSR count). The molecule has 94 valence electrons. The molecule has 1 heterocycles. The topological polar surface area (TPSA) is 91.5 Å². The van der Waals surface area contributed by atoms with E-state index in [4.69, 9.17) is 14.9 Å². The third kappa shape index (κ3) is 3.28. The van der Waals surface area contributed by atoms with E-state index in [1.165, 1.54) is 6.07 Å². The van der Waals surface area contributed by atoms with Crippen LogP contribution < -0.4 is 5.73 Å². The van der Waals surface area contributed by atoms with Gasteiger partial charge in [-0.25, -0.2) is 0 Å². The van der Waals surface area contributed by atoms with E-state index in [1.807, 2.05) is 0 Å². The summed E-state index contributed by atoms with van der Waals surface area (Å²) in [5, 5.41) is 10.4. The summed E-state index contributed by atoms with van der Waals surface area (Å²) < 4.78 is 10.6. The smallest absolute Gasteiger partial charge is 0.403 e. The molecule has 1 aliphatic carbocycles. The van der Waals surface area contributed by atoms with E-state index >= 15 is 0 Å². The Kier molecular flexibility index (Phi) is 3.75. The molecule has 0 radical (unpaired) electrons. The summed E-state index contributed by atoms with van der Waals surface area (Å²) in [4.78, 5) is 9.86. The highest BCUT2D eigenvalue weighted by atomic mass is 16.6. The van der Waals surface area contributed by atoms with Crippen LogP contribution in [0.2, 0.25) is 0 Å². The standard InChI is InChI=1S/C11H16N2O4/c12-8-1-3-9(4-2-8)16-7-10-5-6-11(17-10)13(14)15/h5-6,8-9H,1-4,7,12H2. The van der Waals surface area contributed by atoms with Crippen LogP contribution in [0.15, 0.2) is 16.5 Å². The Balaban J connectivity index is 1.79. The van der Waals surface area contributed by atoms with Crippen LogP contribution in [0.5, 0.6) is 0 Å². The summed E-state index contributed by atoms with van der Waals surface area (Å²) in [7, 11) is 0. The lowest BCUT2D eigenvalue weighted by molar-refractivity contribution is -0.402. The van der Waals surface area contributed by atoms with E-state index in [0.29, 0.717) is 11.8 Å². The van der Waals surface area contributed by atoms with E-state index in [1.54, 1.807) is 6.07 Å². The van der Waals surface area contributed by atoms with Crippen LogP contribution >= 0.6 is 0 Å². The molecule has 1 aromatic rings. The fraction of sp³-hybridized carbons (Fsp3) is 0.636. The fourth-order valence-corrected chi connectivity index (χ4v) is 2.00. The second-order valence-corrected chi connectivity index (χ2v) is 4.34. The minimum absolute atomic E-state index is 0.193. The van der Waals surface area contributed by atoms with Gasteiger partial charge in [0, 0.05) is 6.04 Å². The molecule has 6 nitrogen and oxygen atoms in total. The lowest BCUT2D eigenvalue weighted by Gasteiger charge is -2.25. The van der Waals surface area contributed by atoms with Gasteiger partial charge in [0.2, 0.25) is 0 Å². The van der Waals surface area contributed by atoms with Crippen LogP contribution in [-0.4, -0.2) is 17.1 Å². The maximum absolute atomic E-state index is 10.4. The molecular weight excluding hydrogens is 224 g/mol. The first kappa shape index (κ1) is 12.1. The molecular formula is C11H16N2O4. The minimum Gasteiger partial charge on any atom is -0.403 e. The van der Waals surface area contributed by atoms with Gasteiger partial charge in [0.25, 0.3) is 0 Å². The van der Waals surface area contributed by atoms with Crippen molar-refractivity contribution in [2.75, 3.05) is 0 Å². The van der Waals surface area contributed by atoms with Crippen LogP contribution in [0.3, 0.4) is 0 Å². The molecule has 0 spiro atoms. The molecule has 0 unspecified atom stereocenters. The van der Waals surface area contributed by atoms with E-state index in [9.17, 15) is 10.1 Å². The zero-order valence-corrected chi connectivity index (χ0v) is 9.50. The Morgan fingerprint density at radius 2 is 2.12 bits per heavy atom. The third-order valence-electron chi connectivity index (χ3n) is 3.01. The van der Waals surface area contributed by atoms with Gasteiger partial charge in [-0.3, -0.25) is 10.1 Å². The second kappa shape index (κ2) is 5.29. The molecule has 2 N–H and O–H groups in total. The van der Waals surface area contributed by atoms with Crippen molar-refractivity contribution < 1.29 is 14.1 Å². The molecule has 0 saturated heterocycles. The first-order chi connectivity index (χ1) is 8.15. The molecule has 0 aromatic carbocycles. The molecule has 0 amide bonds. The number of ether oxygens (including phenoxy) is 1. The molecule has 0 aliphatic heterocycles. The van der Waals surface area contributed by atoms with E-state index in [-0.39, 0.29) is 18.6 Å². The predicted octanol–water partition coefficient (Wildman–Crippen LogP) is 1.97. The molecule has 6 heteroatoms. The minimum atomic E-state index is -0.552. The van der Waals surface area contributed by atoms with Crippen molar-refractivity contribution in [3.63, 3.8) is 0 Å². The van der Waals surface area contributed by atoms with Crippen molar-refractivity contribution in [3.05, 3.63) is 28.0 Å².